The molecular formula is C27H31N3O3S. The molecule has 2 aromatic carbocycles. The second kappa shape index (κ2) is 8.47. The topological polar surface area (TPSA) is 72.3 Å². The van der Waals surface area contributed by atoms with Crippen LogP contribution in [0.5, 0.6) is 0 Å². The van der Waals surface area contributed by atoms with Crippen LogP contribution >= 0.6 is 0 Å². The number of hydrogen-bond donors (Lipinski definition) is 0. The van der Waals surface area contributed by atoms with Crippen molar-refractivity contribution in [3.63, 3.8) is 0 Å². The van der Waals surface area contributed by atoms with Crippen molar-refractivity contribution in [3.05, 3.63) is 82.7 Å². The fourth-order valence-electron chi connectivity index (χ4n) is 5.31. The Morgan fingerprint density at radius 3 is 2.44 bits per heavy atom. The lowest BCUT2D eigenvalue weighted by atomic mass is 9.75. The van der Waals surface area contributed by atoms with Gasteiger partial charge >= 0.3 is 0 Å². The fourth-order valence-corrected chi connectivity index (χ4v) is 6.97. The molecule has 0 saturated carbocycles. The van der Waals surface area contributed by atoms with Gasteiger partial charge in [0.15, 0.2) is 5.78 Å². The fraction of sp³-hybridized carbons (Fsp3) is 0.407. The Labute approximate surface area is 201 Å². The number of benzene rings is 2. The molecule has 1 atom stereocenters. The Morgan fingerprint density at radius 1 is 1.03 bits per heavy atom. The summed E-state index contributed by atoms with van der Waals surface area (Å²) in [6.07, 6.45) is 2.60. The van der Waals surface area contributed by atoms with Crippen LogP contribution in [-0.4, -0.2) is 34.8 Å². The zero-order chi connectivity index (χ0) is 24.1. The zero-order valence-corrected chi connectivity index (χ0v) is 20.8. The molecule has 1 fully saturated rings. The summed E-state index contributed by atoms with van der Waals surface area (Å²) in [6, 6.07) is 16.6. The zero-order valence-electron chi connectivity index (χ0n) is 20.0. The predicted octanol–water partition coefficient (Wildman–Crippen LogP) is 4.92. The van der Waals surface area contributed by atoms with Gasteiger partial charge in [0, 0.05) is 13.0 Å². The first kappa shape index (κ1) is 23.0. The van der Waals surface area contributed by atoms with E-state index < -0.39 is 16.1 Å². The summed E-state index contributed by atoms with van der Waals surface area (Å²) in [5, 5.41) is 4.95. The van der Waals surface area contributed by atoms with Crippen LogP contribution in [0.25, 0.3) is 0 Å². The molecule has 5 rings (SSSR count). The lowest BCUT2D eigenvalue weighted by Gasteiger charge is -2.30. The SMILES string of the molecule is Cc1ccc(S(=O)(=O)N2CCC[C@@H]2c2nn(Cc3ccccc3)c3c2C(=O)CC(C)(C)C3)cc1. The Hall–Kier alpha value is -2.77. The highest BCUT2D eigenvalue weighted by atomic mass is 32.2. The van der Waals surface area contributed by atoms with Gasteiger partial charge in [-0.25, -0.2) is 8.42 Å². The van der Waals surface area contributed by atoms with Crippen molar-refractivity contribution < 1.29 is 13.2 Å². The largest absolute Gasteiger partial charge is 0.294 e. The first-order valence-corrected chi connectivity index (χ1v) is 13.3. The molecule has 2 heterocycles. The van der Waals surface area contributed by atoms with Crippen molar-refractivity contribution >= 4 is 15.8 Å². The molecule has 34 heavy (non-hydrogen) atoms. The van der Waals surface area contributed by atoms with Crippen molar-refractivity contribution in [1.29, 1.82) is 0 Å². The number of rotatable bonds is 5. The van der Waals surface area contributed by atoms with E-state index in [-0.39, 0.29) is 16.1 Å². The number of hydrogen-bond acceptors (Lipinski definition) is 4. The van der Waals surface area contributed by atoms with Crippen LogP contribution in [0.1, 0.15) is 72.0 Å². The van der Waals surface area contributed by atoms with Gasteiger partial charge in [-0.05, 0) is 49.3 Å². The summed E-state index contributed by atoms with van der Waals surface area (Å²) >= 11 is 0. The Bertz CT molecular complexity index is 1330. The van der Waals surface area contributed by atoms with E-state index in [1.165, 1.54) is 0 Å². The quantitative estimate of drug-likeness (QED) is 0.523. The third-order valence-corrected chi connectivity index (χ3v) is 8.89. The van der Waals surface area contributed by atoms with E-state index in [1.807, 2.05) is 54.1 Å². The predicted molar refractivity (Wildman–Crippen MR) is 131 cm³/mol. The van der Waals surface area contributed by atoms with Crippen molar-refractivity contribution in [2.75, 3.05) is 6.54 Å². The van der Waals surface area contributed by atoms with Crippen molar-refractivity contribution in [2.45, 2.75) is 63.9 Å². The van der Waals surface area contributed by atoms with Crippen molar-refractivity contribution in [3.8, 4) is 0 Å². The maximum Gasteiger partial charge on any atom is 0.243 e. The van der Waals surface area contributed by atoms with Crippen LogP contribution in [0.15, 0.2) is 59.5 Å². The number of sulfonamides is 1. The molecule has 0 spiro atoms. The van der Waals surface area contributed by atoms with Gasteiger partial charge in [0.2, 0.25) is 10.0 Å². The average molecular weight is 478 g/mol. The molecule has 0 radical (unpaired) electrons. The van der Waals surface area contributed by atoms with Crippen molar-refractivity contribution in [2.24, 2.45) is 5.41 Å². The Kier molecular flexibility index (Phi) is 5.73. The molecule has 1 aromatic heterocycles. The average Bonchev–Trinajstić information content (AvgIpc) is 3.40. The summed E-state index contributed by atoms with van der Waals surface area (Å²) in [5.74, 6) is 0.0696. The number of nitrogens with zero attached hydrogens (tertiary/aromatic N) is 3. The van der Waals surface area contributed by atoms with Gasteiger partial charge in [-0.15, -0.1) is 0 Å². The third-order valence-electron chi connectivity index (χ3n) is 6.97. The molecule has 0 amide bonds. The number of aromatic nitrogens is 2. The van der Waals surface area contributed by atoms with Crippen LogP contribution in [0.2, 0.25) is 0 Å². The van der Waals surface area contributed by atoms with Crippen LogP contribution < -0.4 is 0 Å². The number of ketones is 1. The van der Waals surface area contributed by atoms with Gasteiger partial charge in [0.05, 0.1) is 34.4 Å². The smallest absolute Gasteiger partial charge is 0.243 e. The van der Waals surface area contributed by atoms with E-state index in [0.717, 1.165) is 29.7 Å². The maximum atomic E-state index is 13.6. The van der Waals surface area contributed by atoms with Crippen LogP contribution in [0.4, 0.5) is 0 Å². The van der Waals surface area contributed by atoms with E-state index in [9.17, 15) is 13.2 Å². The molecule has 1 aliphatic heterocycles. The summed E-state index contributed by atoms with van der Waals surface area (Å²) in [7, 11) is -3.70. The second-order valence-electron chi connectivity index (χ2n) is 10.4. The summed E-state index contributed by atoms with van der Waals surface area (Å²) in [6.45, 7) is 7.15. The summed E-state index contributed by atoms with van der Waals surface area (Å²) in [5.41, 5.74) is 4.16. The van der Waals surface area contributed by atoms with Crippen LogP contribution in [-0.2, 0) is 23.0 Å². The standard InChI is InChI=1S/C27H31N3O3S/c1-19-11-13-21(14-12-19)34(32,33)30-15-7-10-22(30)26-25-23(16-27(2,3)17-24(25)31)29(28-26)18-20-8-5-4-6-9-20/h4-6,8-9,11-14,22H,7,10,15-18H2,1-3H3/t22-/m1/s1. The van der Waals surface area contributed by atoms with Gasteiger partial charge in [-0.3, -0.25) is 9.48 Å². The maximum absolute atomic E-state index is 13.6. The van der Waals surface area contributed by atoms with Crippen LogP contribution in [0.3, 0.4) is 0 Å². The van der Waals surface area contributed by atoms with E-state index in [2.05, 4.69) is 13.8 Å². The second-order valence-corrected chi connectivity index (χ2v) is 12.3. The Morgan fingerprint density at radius 2 is 1.74 bits per heavy atom. The van der Waals surface area contributed by atoms with Gasteiger partial charge in [-0.1, -0.05) is 61.9 Å². The molecule has 178 valence electrons. The number of aryl methyl sites for hydroxylation is 1. The third kappa shape index (κ3) is 4.12. The molecule has 1 saturated heterocycles. The number of carbonyl (C=O) groups excluding carboxylic acids is 1. The first-order chi connectivity index (χ1) is 16.2. The molecule has 0 N–H and O–H groups in total. The monoisotopic (exact) mass is 477 g/mol. The lowest BCUT2D eigenvalue weighted by molar-refractivity contribution is 0.0908. The van der Waals surface area contributed by atoms with E-state index >= 15 is 0 Å². The first-order valence-electron chi connectivity index (χ1n) is 11.9. The summed E-state index contributed by atoms with van der Waals surface area (Å²) in [4.78, 5) is 13.7. The minimum absolute atomic E-state index is 0.0696. The molecule has 1 aliphatic carbocycles. The number of carbonyl (C=O) groups is 1. The number of fused-ring (bicyclic) bond motifs is 1. The highest BCUT2D eigenvalue weighted by Crippen LogP contribution is 2.43. The van der Waals surface area contributed by atoms with Gasteiger partial charge in [0.25, 0.3) is 0 Å². The minimum Gasteiger partial charge on any atom is -0.294 e. The van der Waals surface area contributed by atoms with Crippen molar-refractivity contribution in [1.82, 2.24) is 14.1 Å². The highest BCUT2D eigenvalue weighted by Gasteiger charge is 2.43. The molecule has 3 aromatic rings. The molecular weight excluding hydrogens is 446 g/mol. The minimum atomic E-state index is -3.70. The van der Waals surface area contributed by atoms with Crippen LogP contribution in [0, 0.1) is 12.3 Å². The van der Waals surface area contributed by atoms with Gasteiger partial charge < -0.3 is 0 Å². The number of Topliss-reactive ketones (excluding diaryl/α,β-unsaturated/α-hetero) is 1. The normalized spacial score (nSPS) is 20.4. The molecule has 0 unspecified atom stereocenters. The van der Waals surface area contributed by atoms with E-state index in [1.54, 1.807) is 16.4 Å². The van der Waals surface area contributed by atoms with E-state index in [0.29, 0.717) is 37.2 Å². The molecule has 6 nitrogen and oxygen atoms in total. The van der Waals surface area contributed by atoms with Gasteiger partial charge in [-0.2, -0.15) is 9.40 Å². The van der Waals surface area contributed by atoms with Gasteiger partial charge in [0.1, 0.15) is 0 Å². The lowest BCUT2D eigenvalue weighted by Crippen LogP contribution is -2.33. The van der Waals surface area contributed by atoms with E-state index in [4.69, 9.17) is 5.10 Å². The summed E-state index contributed by atoms with van der Waals surface area (Å²) < 4.78 is 30.7. The molecule has 7 heteroatoms. The molecule has 2 aliphatic rings. The molecule has 0 bridgehead atoms. The Balaban J connectivity index is 1.59. The highest BCUT2D eigenvalue weighted by molar-refractivity contribution is 7.89.